The molecular formula is C23H31ClN2O. The van der Waals surface area contributed by atoms with Gasteiger partial charge >= 0.3 is 0 Å². The van der Waals surface area contributed by atoms with Crippen molar-refractivity contribution in [3.8, 4) is 0 Å². The quantitative estimate of drug-likeness (QED) is 0.594. The lowest BCUT2D eigenvalue weighted by atomic mass is 9.88. The second-order valence-electron chi connectivity index (χ2n) is 8.20. The summed E-state index contributed by atoms with van der Waals surface area (Å²) in [5, 5.41) is 0.759. The fraction of sp³-hybridized carbons (Fsp3) is 0.522. The van der Waals surface area contributed by atoms with Gasteiger partial charge in [0.1, 0.15) is 0 Å². The van der Waals surface area contributed by atoms with Gasteiger partial charge in [0, 0.05) is 35.9 Å². The van der Waals surface area contributed by atoms with Crippen LogP contribution in [0.1, 0.15) is 57.2 Å². The number of rotatable bonds is 7. The van der Waals surface area contributed by atoms with Crippen molar-refractivity contribution in [1.29, 1.82) is 0 Å². The molecule has 0 saturated heterocycles. The van der Waals surface area contributed by atoms with Crippen molar-refractivity contribution >= 4 is 17.5 Å². The van der Waals surface area contributed by atoms with Crippen LogP contribution in [-0.4, -0.2) is 21.9 Å². The highest BCUT2D eigenvalue weighted by atomic mass is 35.5. The number of carbonyl (C=O) groups is 1. The van der Waals surface area contributed by atoms with Crippen LogP contribution < -0.4 is 0 Å². The summed E-state index contributed by atoms with van der Waals surface area (Å²) < 4.78 is 2.23. The third kappa shape index (κ3) is 5.62. The highest BCUT2D eigenvalue weighted by molar-refractivity contribution is 6.30. The summed E-state index contributed by atoms with van der Waals surface area (Å²) in [7, 11) is 0. The monoisotopic (exact) mass is 386 g/mol. The van der Waals surface area contributed by atoms with Gasteiger partial charge in [-0.1, -0.05) is 56.8 Å². The number of nitrogens with zero attached hydrogens (tertiary/aromatic N) is 2. The molecule has 0 aliphatic heterocycles. The summed E-state index contributed by atoms with van der Waals surface area (Å²) in [6.45, 7) is 6.65. The Labute approximate surface area is 168 Å². The largest absolute Gasteiger partial charge is 0.345 e. The molecule has 1 saturated carbocycles. The molecule has 0 radical (unpaired) electrons. The van der Waals surface area contributed by atoms with Gasteiger partial charge in [-0.3, -0.25) is 4.79 Å². The highest BCUT2D eigenvalue weighted by Crippen LogP contribution is 2.26. The Bertz CT molecular complexity index is 746. The first-order chi connectivity index (χ1) is 13.0. The molecule has 0 spiro atoms. The third-order valence-electron chi connectivity index (χ3n) is 5.37. The minimum atomic E-state index is 0.217. The van der Waals surface area contributed by atoms with E-state index >= 15 is 0 Å². The van der Waals surface area contributed by atoms with Gasteiger partial charge in [0.05, 0.1) is 6.54 Å². The van der Waals surface area contributed by atoms with E-state index in [2.05, 4.69) is 47.7 Å². The minimum Gasteiger partial charge on any atom is -0.345 e. The van der Waals surface area contributed by atoms with Crippen LogP contribution in [0, 0.1) is 11.8 Å². The van der Waals surface area contributed by atoms with Gasteiger partial charge < -0.3 is 9.47 Å². The zero-order valence-corrected chi connectivity index (χ0v) is 17.3. The Balaban J connectivity index is 1.74. The third-order valence-corrected chi connectivity index (χ3v) is 5.61. The van der Waals surface area contributed by atoms with Crippen LogP contribution in [-0.2, 0) is 17.9 Å². The Kier molecular flexibility index (Phi) is 7.01. The number of amides is 1. The van der Waals surface area contributed by atoms with Crippen LogP contribution >= 0.6 is 11.6 Å². The molecule has 146 valence electrons. The number of aromatic nitrogens is 1. The van der Waals surface area contributed by atoms with Gasteiger partial charge in [-0.05, 0) is 48.6 Å². The molecule has 1 heterocycles. The summed E-state index contributed by atoms with van der Waals surface area (Å²) in [6.07, 6.45) is 7.85. The molecule has 3 nitrogen and oxygen atoms in total. The molecule has 1 aliphatic rings. The summed E-state index contributed by atoms with van der Waals surface area (Å²) in [5.41, 5.74) is 2.36. The molecule has 0 unspecified atom stereocenters. The zero-order chi connectivity index (χ0) is 19.2. The van der Waals surface area contributed by atoms with Crippen molar-refractivity contribution in [2.24, 2.45) is 11.8 Å². The topological polar surface area (TPSA) is 25.2 Å². The van der Waals surface area contributed by atoms with Crippen LogP contribution in [0.2, 0.25) is 5.02 Å². The maximum atomic E-state index is 13.2. The number of halogens is 1. The number of hydrogen-bond donors (Lipinski definition) is 0. The van der Waals surface area contributed by atoms with Gasteiger partial charge in [-0.15, -0.1) is 0 Å². The summed E-state index contributed by atoms with van der Waals surface area (Å²) in [6, 6.07) is 12.2. The van der Waals surface area contributed by atoms with Gasteiger partial charge in [0.15, 0.2) is 0 Å². The predicted octanol–water partition coefficient (Wildman–Crippen LogP) is 5.75. The summed E-state index contributed by atoms with van der Waals surface area (Å²) >= 11 is 6.13. The van der Waals surface area contributed by atoms with E-state index in [1.807, 2.05) is 18.2 Å². The van der Waals surface area contributed by atoms with Crippen molar-refractivity contribution in [3.05, 3.63) is 58.9 Å². The maximum Gasteiger partial charge on any atom is 0.226 e. The fourth-order valence-corrected chi connectivity index (χ4v) is 4.27. The molecule has 1 aliphatic carbocycles. The molecule has 27 heavy (non-hydrogen) atoms. The van der Waals surface area contributed by atoms with Gasteiger partial charge in [0.2, 0.25) is 5.91 Å². The van der Waals surface area contributed by atoms with Crippen molar-refractivity contribution < 1.29 is 4.79 Å². The molecule has 2 aromatic rings. The average Bonchev–Trinajstić information content (AvgIpc) is 3.07. The van der Waals surface area contributed by atoms with E-state index in [9.17, 15) is 4.79 Å². The van der Waals surface area contributed by atoms with E-state index in [-0.39, 0.29) is 5.92 Å². The van der Waals surface area contributed by atoms with E-state index in [4.69, 9.17) is 11.6 Å². The molecule has 3 rings (SSSR count). The minimum absolute atomic E-state index is 0.217. The molecule has 1 aromatic heterocycles. The second-order valence-corrected chi connectivity index (χ2v) is 8.64. The summed E-state index contributed by atoms with van der Waals surface area (Å²) in [5.74, 6) is 1.03. The number of benzene rings is 1. The van der Waals surface area contributed by atoms with E-state index in [1.54, 1.807) is 0 Å². The average molecular weight is 387 g/mol. The van der Waals surface area contributed by atoms with Crippen LogP contribution in [0.4, 0.5) is 0 Å². The van der Waals surface area contributed by atoms with Crippen molar-refractivity contribution in [1.82, 2.24) is 9.47 Å². The summed E-state index contributed by atoms with van der Waals surface area (Å²) in [4.78, 5) is 15.3. The van der Waals surface area contributed by atoms with E-state index < -0.39 is 0 Å². The maximum absolute atomic E-state index is 13.2. The molecule has 4 heteroatoms. The van der Waals surface area contributed by atoms with E-state index in [0.29, 0.717) is 18.4 Å². The first-order valence-corrected chi connectivity index (χ1v) is 10.6. The zero-order valence-electron chi connectivity index (χ0n) is 16.5. The van der Waals surface area contributed by atoms with Gasteiger partial charge in [-0.25, -0.2) is 0 Å². The number of hydrogen-bond acceptors (Lipinski definition) is 1. The first kappa shape index (κ1) is 20.0. The van der Waals surface area contributed by atoms with Crippen molar-refractivity contribution in [2.45, 2.75) is 59.0 Å². The molecule has 1 aromatic carbocycles. The van der Waals surface area contributed by atoms with Gasteiger partial charge in [-0.2, -0.15) is 0 Å². The molecule has 0 bridgehead atoms. The molecule has 0 N–H and O–H groups in total. The Hall–Kier alpha value is -1.74. The lowest BCUT2D eigenvalue weighted by Crippen LogP contribution is -2.39. The highest BCUT2D eigenvalue weighted by Gasteiger charge is 2.27. The van der Waals surface area contributed by atoms with E-state index in [0.717, 1.165) is 31.0 Å². The van der Waals surface area contributed by atoms with Crippen molar-refractivity contribution in [3.63, 3.8) is 0 Å². The van der Waals surface area contributed by atoms with Gasteiger partial charge in [0.25, 0.3) is 0 Å². The van der Waals surface area contributed by atoms with Crippen molar-refractivity contribution in [2.75, 3.05) is 6.54 Å². The Morgan fingerprint density at radius 1 is 1.19 bits per heavy atom. The first-order valence-electron chi connectivity index (χ1n) is 10.2. The SMILES string of the molecule is CC(C)CN(Cc1cccn1Cc1cccc(Cl)c1)C(=O)C1CCCCC1. The lowest BCUT2D eigenvalue weighted by molar-refractivity contribution is -0.137. The van der Waals surface area contributed by atoms with Crippen LogP contribution in [0.3, 0.4) is 0 Å². The lowest BCUT2D eigenvalue weighted by Gasteiger charge is -2.31. The number of carbonyl (C=O) groups excluding carboxylic acids is 1. The smallest absolute Gasteiger partial charge is 0.226 e. The predicted molar refractivity (Wildman–Crippen MR) is 112 cm³/mol. The standard InChI is InChI=1S/C23H31ClN2O/c1-18(2)15-26(23(27)20-9-4-3-5-10-20)17-22-12-7-13-25(22)16-19-8-6-11-21(24)14-19/h6-8,11-14,18,20H,3-5,9-10,15-17H2,1-2H3. The fourth-order valence-electron chi connectivity index (χ4n) is 4.06. The molecular weight excluding hydrogens is 356 g/mol. The molecule has 0 atom stereocenters. The van der Waals surface area contributed by atoms with Crippen LogP contribution in [0.5, 0.6) is 0 Å². The van der Waals surface area contributed by atoms with E-state index in [1.165, 1.54) is 30.5 Å². The normalized spacial score (nSPS) is 15.3. The Morgan fingerprint density at radius 2 is 1.96 bits per heavy atom. The second kappa shape index (κ2) is 9.45. The molecule has 1 fully saturated rings. The van der Waals surface area contributed by atoms with Crippen LogP contribution in [0.15, 0.2) is 42.6 Å². The van der Waals surface area contributed by atoms with Crippen LogP contribution in [0.25, 0.3) is 0 Å². The molecule has 1 amide bonds. The Morgan fingerprint density at radius 3 is 2.67 bits per heavy atom.